The highest BCUT2D eigenvalue weighted by Gasteiger charge is 2.43. The smallest absolute Gasteiger partial charge is 0.307 e. The van der Waals surface area contributed by atoms with Gasteiger partial charge < -0.3 is 10.0 Å². The lowest BCUT2D eigenvalue weighted by atomic mass is 9.95. The van der Waals surface area contributed by atoms with Crippen LogP contribution in [-0.2, 0) is 11.3 Å². The van der Waals surface area contributed by atoms with Gasteiger partial charge in [-0.25, -0.2) is 0 Å². The molecular formula is C27H25NO3S. The first-order valence-corrected chi connectivity index (χ1v) is 11.9. The number of hydrogen-bond acceptors (Lipinski definition) is 3. The van der Waals surface area contributed by atoms with Crippen LogP contribution in [0.25, 0.3) is 11.1 Å². The van der Waals surface area contributed by atoms with Gasteiger partial charge in [0.05, 0.1) is 5.92 Å². The molecule has 1 aliphatic carbocycles. The molecule has 0 saturated heterocycles. The monoisotopic (exact) mass is 443 g/mol. The molecule has 0 radical (unpaired) electrons. The van der Waals surface area contributed by atoms with Gasteiger partial charge in [-0.05, 0) is 53.6 Å². The predicted molar refractivity (Wildman–Crippen MR) is 127 cm³/mol. The van der Waals surface area contributed by atoms with E-state index in [2.05, 4.69) is 36.4 Å². The van der Waals surface area contributed by atoms with Gasteiger partial charge in [-0.3, -0.25) is 9.59 Å². The van der Waals surface area contributed by atoms with Crippen molar-refractivity contribution in [1.29, 1.82) is 0 Å². The normalized spacial score (nSPS) is 22.2. The van der Waals surface area contributed by atoms with Crippen LogP contribution < -0.4 is 0 Å². The zero-order valence-corrected chi connectivity index (χ0v) is 18.5. The average molecular weight is 444 g/mol. The van der Waals surface area contributed by atoms with Crippen LogP contribution in [0.2, 0.25) is 0 Å². The zero-order valence-electron chi connectivity index (χ0n) is 17.7. The van der Waals surface area contributed by atoms with Gasteiger partial charge in [0.1, 0.15) is 0 Å². The van der Waals surface area contributed by atoms with E-state index in [0.717, 1.165) is 34.4 Å². The largest absolute Gasteiger partial charge is 0.481 e. The molecule has 162 valence electrons. The van der Waals surface area contributed by atoms with Crippen LogP contribution in [0.15, 0.2) is 83.8 Å². The molecule has 32 heavy (non-hydrogen) atoms. The number of carboxylic acids is 1. The summed E-state index contributed by atoms with van der Waals surface area (Å²) in [6, 6.07) is 26.3. The van der Waals surface area contributed by atoms with Gasteiger partial charge in [0.15, 0.2) is 0 Å². The molecule has 0 aromatic heterocycles. The maximum absolute atomic E-state index is 12.8. The summed E-state index contributed by atoms with van der Waals surface area (Å²) >= 11 is 1.66. The third-order valence-corrected chi connectivity index (χ3v) is 7.99. The quantitative estimate of drug-likeness (QED) is 0.540. The maximum Gasteiger partial charge on any atom is 0.307 e. The van der Waals surface area contributed by atoms with Gasteiger partial charge in [0.2, 0.25) is 0 Å². The molecule has 1 N–H and O–H groups in total. The second-order valence-corrected chi connectivity index (χ2v) is 9.90. The molecule has 4 nitrogen and oxygen atoms in total. The van der Waals surface area contributed by atoms with Crippen LogP contribution in [0.5, 0.6) is 0 Å². The Kier molecular flexibility index (Phi) is 5.75. The topological polar surface area (TPSA) is 57.6 Å². The Bertz CT molecular complexity index is 1130. The van der Waals surface area contributed by atoms with E-state index in [0.29, 0.717) is 13.1 Å². The van der Waals surface area contributed by atoms with Gasteiger partial charge >= 0.3 is 5.97 Å². The number of rotatable bonds is 6. The number of carbonyl (C=O) groups is 2. The highest BCUT2D eigenvalue weighted by molar-refractivity contribution is 8.00. The second-order valence-electron chi connectivity index (χ2n) is 8.59. The highest BCUT2D eigenvalue weighted by Crippen LogP contribution is 2.44. The summed E-state index contributed by atoms with van der Waals surface area (Å²) in [7, 11) is 0. The molecule has 3 aromatic rings. The van der Waals surface area contributed by atoms with Crippen LogP contribution >= 0.6 is 11.8 Å². The van der Waals surface area contributed by atoms with Gasteiger partial charge in [-0.15, -0.1) is 11.8 Å². The van der Waals surface area contributed by atoms with Gasteiger partial charge in [-0.2, -0.15) is 0 Å². The number of fused-ring (bicyclic) bond motifs is 1. The van der Waals surface area contributed by atoms with Crippen molar-refractivity contribution in [1.82, 2.24) is 4.90 Å². The van der Waals surface area contributed by atoms with Crippen molar-refractivity contribution in [3.8, 4) is 11.1 Å². The standard InChI is InChI=1S/C27H25NO3S/c29-26-23-9-5-4-8-20(23)16-28(26)17-21-12-15-24(25(21)27(30)31)32-22-13-10-19(11-14-22)18-6-2-1-3-7-18/h1-11,13-14,21,24-25H,12,15-17H2,(H,30,31). The minimum absolute atomic E-state index is 0.0140. The summed E-state index contributed by atoms with van der Waals surface area (Å²) in [5, 5.41) is 10.0. The molecule has 0 bridgehead atoms. The van der Waals surface area contributed by atoms with Gasteiger partial charge in [0, 0.05) is 28.8 Å². The van der Waals surface area contributed by atoms with Crippen molar-refractivity contribution in [3.05, 3.63) is 90.0 Å². The number of hydrogen-bond donors (Lipinski definition) is 1. The van der Waals surface area contributed by atoms with Crippen LogP contribution in [0.3, 0.4) is 0 Å². The van der Waals surface area contributed by atoms with Crippen molar-refractivity contribution in [3.63, 3.8) is 0 Å². The fourth-order valence-corrected chi connectivity index (χ4v) is 6.40. The highest BCUT2D eigenvalue weighted by atomic mass is 32.2. The fourth-order valence-electron chi connectivity index (χ4n) is 5.02. The zero-order chi connectivity index (χ0) is 22.1. The first-order chi connectivity index (χ1) is 15.6. The third-order valence-electron chi connectivity index (χ3n) is 6.62. The number of aliphatic carboxylic acids is 1. The molecule has 3 aromatic carbocycles. The Morgan fingerprint density at radius 2 is 1.59 bits per heavy atom. The van der Waals surface area contributed by atoms with Crippen molar-refractivity contribution in [2.75, 3.05) is 6.54 Å². The lowest BCUT2D eigenvalue weighted by Crippen LogP contribution is -2.35. The third kappa shape index (κ3) is 4.05. The molecule has 1 fully saturated rings. The summed E-state index contributed by atoms with van der Waals surface area (Å²) < 4.78 is 0. The summed E-state index contributed by atoms with van der Waals surface area (Å²) in [5.74, 6) is -1.20. The van der Waals surface area contributed by atoms with E-state index in [1.54, 1.807) is 11.8 Å². The number of nitrogens with zero attached hydrogens (tertiary/aromatic N) is 1. The molecule has 5 heteroatoms. The summed E-state index contributed by atoms with van der Waals surface area (Å²) in [4.78, 5) is 27.9. The summed E-state index contributed by atoms with van der Waals surface area (Å²) in [5.41, 5.74) is 4.11. The Morgan fingerprint density at radius 1 is 0.906 bits per heavy atom. The number of carboxylic acid groups (broad SMARTS) is 1. The second kappa shape index (κ2) is 8.83. The van der Waals surface area contributed by atoms with Gasteiger partial charge in [0.25, 0.3) is 5.91 Å². The Hall–Kier alpha value is -3.05. The van der Waals surface area contributed by atoms with E-state index >= 15 is 0 Å². The molecule has 3 unspecified atom stereocenters. The van der Waals surface area contributed by atoms with Crippen LogP contribution in [0.4, 0.5) is 0 Å². The molecule has 3 atom stereocenters. The van der Waals surface area contributed by atoms with Crippen LogP contribution in [-0.4, -0.2) is 33.7 Å². The van der Waals surface area contributed by atoms with Crippen molar-refractivity contribution < 1.29 is 14.7 Å². The first-order valence-electron chi connectivity index (χ1n) is 11.0. The molecule has 0 spiro atoms. The van der Waals surface area contributed by atoms with E-state index in [1.807, 2.05) is 47.4 Å². The Morgan fingerprint density at radius 3 is 2.31 bits per heavy atom. The van der Waals surface area contributed by atoms with Crippen molar-refractivity contribution >= 4 is 23.6 Å². The molecule has 5 rings (SSSR count). The number of carbonyl (C=O) groups excluding carboxylic acids is 1. The van der Waals surface area contributed by atoms with E-state index in [-0.39, 0.29) is 17.1 Å². The molecule has 1 amide bonds. The SMILES string of the molecule is O=C(O)C1C(CN2Cc3ccccc3C2=O)CCC1Sc1ccc(-c2ccccc2)cc1. The Balaban J connectivity index is 1.27. The number of benzene rings is 3. The van der Waals surface area contributed by atoms with Crippen LogP contribution in [0.1, 0.15) is 28.8 Å². The lowest BCUT2D eigenvalue weighted by molar-refractivity contribution is -0.142. The molecular weight excluding hydrogens is 418 g/mol. The number of thioether (sulfide) groups is 1. The van der Waals surface area contributed by atoms with E-state index in [9.17, 15) is 14.7 Å². The minimum atomic E-state index is -0.755. The minimum Gasteiger partial charge on any atom is -0.481 e. The summed E-state index contributed by atoms with van der Waals surface area (Å²) in [6.45, 7) is 1.09. The lowest BCUT2D eigenvalue weighted by Gasteiger charge is -2.25. The molecule has 2 aliphatic rings. The number of amides is 1. The Labute approximate surface area is 192 Å². The summed E-state index contributed by atoms with van der Waals surface area (Å²) in [6.07, 6.45) is 1.68. The van der Waals surface area contributed by atoms with E-state index in [1.165, 1.54) is 5.56 Å². The van der Waals surface area contributed by atoms with Gasteiger partial charge in [-0.1, -0.05) is 60.7 Å². The van der Waals surface area contributed by atoms with E-state index < -0.39 is 11.9 Å². The average Bonchev–Trinajstić information content (AvgIpc) is 3.36. The molecule has 1 heterocycles. The van der Waals surface area contributed by atoms with Crippen molar-refractivity contribution in [2.45, 2.75) is 29.5 Å². The molecule has 1 saturated carbocycles. The fraction of sp³-hybridized carbons (Fsp3) is 0.259. The maximum atomic E-state index is 12.8. The molecule has 1 aliphatic heterocycles. The van der Waals surface area contributed by atoms with Crippen molar-refractivity contribution in [2.24, 2.45) is 11.8 Å². The predicted octanol–water partition coefficient (Wildman–Crippen LogP) is 5.58. The van der Waals surface area contributed by atoms with Crippen LogP contribution in [0, 0.1) is 11.8 Å². The van der Waals surface area contributed by atoms with E-state index in [4.69, 9.17) is 0 Å². The first kappa shape index (κ1) is 20.8.